The highest BCUT2D eigenvalue weighted by Crippen LogP contribution is 2.50. The van der Waals surface area contributed by atoms with E-state index >= 15 is 0 Å². The Bertz CT molecular complexity index is 2360. The summed E-state index contributed by atoms with van der Waals surface area (Å²) in [6, 6.07) is 86.7. The van der Waals surface area contributed by atoms with E-state index in [4.69, 9.17) is 0 Å². The standard InChI is InChI=1S/C54H40N2/c1-7-22-41(23-8-1)49-36-20-37-50(42-24-9-2-10-25-42)53(49)55(45-30-15-5-16-31-45)47-34-19-35-48(40-47)56(46-32-17-6-18-33-46)54-51(43-26-11-3-12-27-43)38-21-39-52(54)44-28-13-4-14-29-44/h1-40H. The summed E-state index contributed by atoms with van der Waals surface area (Å²) >= 11 is 0. The van der Waals surface area contributed by atoms with Crippen molar-refractivity contribution in [3.05, 3.63) is 243 Å². The molecule has 0 unspecified atom stereocenters. The largest absolute Gasteiger partial charge is 0.309 e. The van der Waals surface area contributed by atoms with Gasteiger partial charge in [0, 0.05) is 45.0 Å². The highest BCUT2D eigenvalue weighted by molar-refractivity contribution is 6.00. The van der Waals surface area contributed by atoms with Crippen molar-refractivity contribution in [3.8, 4) is 44.5 Å². The number of para-hydroxylation sites is 4. The molecule has 2 heteroatoms. The second kappa shape index (κ2) is 15.9. The molecule has 0 bridgehead atoms. The first-order valence-corrected chi connectivity index (χ1v) is 19.1. The van der Waals surface area contributed by atoms with Gasteiger partial charge >= 0.3 is 0 Å². The van der Waals surface area contributed by atoms with Crippen molar-refractivity contribution < 1.29 is 0 Å². The van der Waals surface area contributed by atoms with E-state index in [-0.39, 0.29) is 0 Å². The smallest absolute Gasteiger partial charge is 0.0618 e. The number of rotatable bonds is 10. The molecule has 0 aliphatic heterocycles. The third-order valence-electron chi connectivity index (χ3n) is 10.2. The Morgan fingerprint density at radius 1 is 0.196 bits per heavy atom. The van der Waals surface area contributed by atoms with Gasteiger partial charge < -0.3 is 9.80 Å². The summed E-state index contributed by atoms with van der Waals surface area (Å²) < 4.78 is 0. The van der Waals surface area contributed by atoms with Crippen LogP contribution in [0, 0.1) is 0 Å². The molecule has 0 aliphatic rings. The second-order valence-corrected chi connectivity index (χ2v) is 13.7. The summed E-state index contributed by atoms with van der Waals surface area (Å²) in [6.07, 6.45) is 0. The third-order valence-corrected chi connectivity index (χ3v) is 10.2. The number of benzene rings is 9. The Morgan fingerprint density at radius 2 is 0.429 bits per heavy atom. The lowest BCUT2D eigenvalue weighted by Gasteiger charge is -2.33. The summed E-state index contributed by atoms with van der Waals surface area (Å²) in [6.45, 7) is 0. The monoisotopic (exact) mass is 716 g/mol. The molecule has 0 spiro atoms. The van der Waals surface area contributed by atoms with Gasteiger partial charge in [-0.1, -0.05) is 200 Å². The van der Waals surface area contributed by atoms with Crippen LogP contribution in [0.5, 0.6) is 0 Å². The molecule has 0 amide bonds. The summed E-state index contributed by atoms with van der Waals surface area (Å²) in [5.74, 6) is 0. The number of anilines is 6. The van der Waals surface area contributed by atoms with E-state index in [1.165, 1.54) is 0 Å². The Morgan fingerprint density at radius 3 is 0.714 bits per heavy atom. The van der Waals surface area contributed by atoms with Gasteiger partial charge in [-0.3, -0.25) is 0 Å². The van der Waals surface area contributed by atoms with Gasteiger partial charge in [-0.2, -0.15) is 0 Å². The van der Waals surface area contributed by atoms with Crippen molar-refractivity contribution in [3.63, 3.8) is 0 Å². The second-order valence-electron chi connectivity index (χ2n) is 13.7. The number of nitrogens with zero attached hydrogens (tertiary/aromatic N) is 2. The van der Waals surface area contributed by atoms with Gasteiger partial charge in [0.1, 0.15) is 0 Å². The fraction of sp³-hybridized carbons (Fsp3) is 0. The van der Waals surface area contributed by atoms with Gasteiger partial charge in [-0.15, -0.1) is 0 Å². The lowest BCUT2D eigenvalue weighted by molar-refractivity contribution is 1.25. The van der Waals surface area contributed by atoms with Crippen LogP contribution >= 0.6 is 0 Å². The van der Waals surface area contributed by atoms with Crippen molar-refractivity contribution in [1.29, 1.82) is 0 Å². The topological polar surface area (TPSA) is 6.48 Å². The Hall–Kier alpha value is -7.42. The lowest BCUT2D eigenvalue weighted by atomic mass is 9.93. The third kappa shape index (κ3) is 6.88. The van der Waals surface area contributed by atoms with Crippen molar-refractivity contribution in [2.45, 2.75) is 0 Å². The molecule has 9 rings (SSSR count). The molecular weight excluding hydrogens is 677 g/mol. The summed E-state index contributed by atoms with van der Waals surface area (Å²) in [5, 5.41) is 0. The maximum Gasteiger partial charge on any atom is 0.0618 e. The maximum absolute atomic E-state index is 2.43. The predicted octanol–water partition coefficient (Wildman–Crippen LogP) is 15.3. The van der Waals surface area contributed by atoms with Crippen LogP contribution in [0.3, 0.4) is 0 Å². The average Bonchev–Trinajstić information content (AvgIpc) is 3.29. The van der Waals surface area contributed by atoms with E-state index in [9.17, 15) is 0 Å². The van der Waals surface area contributed by atoms with Crippen LogP contribution in [0.1, 0.15) is 0 Å². The minimum Gasteiger partial charge on any atom is -0.309 e. The maximum atomic E-state index is 2.43. The van der Waals surface area contributed by atoms with Gasteiger partial charge in [0.05, 0.1) is 11.4 Å². The molecule has 0 heterocycles. The van der Waals surface area contributed by atoms with Gasteiger partial charge in [-0.25, -0.2) is 0 Å². The first-order chi connectivity index (χ1) is 27.8. The Labute approximate surface area is 329 Å². The van der Waals surface area contributed by atoms with Crippen molar-refractivity contribution in [1.82, 2.24) is 0 Å². The van der Waals surface area contributed by atoms with Gasteiger partial charge in [0.2, 0.25) is 0 Å². The van der Waals surface area contributed by atoms with E-state index < -0.39 is 0 Å². The molecule has 0 saturated carbocycles. The molecule has 56 heavy (non-hydrogen) atoms. The molecule has 266 valence electrons. The molecule has 0 saturated heterocycles. The molecule has 0 fully saturated rings. The van der Waals surface area contributed by atoms with Crippen LogP contribution in [0.15, 0.2) is 243 Å². The lowest BCUT2D eigenvalue weighted by Crippen LogP contribution is -2.15. The van der Waals surface area contributed by atoms with E-state index in [1.54, 1.807) is 0 Å². The highest BCUT2D eigenvalue weighted by Gasteiger charge is 2.25. The molecule has 9 aromatic rings. The molecule has 9 aromatic carbocycles. The highest BCUT2D eigenvalue weighted by atomic mass is 15.2. The molecule has 0 atom stereocenters. The van der Waals surface area contributed by atoms with Crippen LogP contribution in [-0.2, 0) is 0 Å². The SMILES string of the molecule is c1ccc(-c2cccc(-c3ccccc3)c2N(c2ccccc2)c2cccc(N(c3ccccc3)c3c(-c4ccccc4)cccc3-c3ccccc3)c2)cc1. The van der Waals surface area contributed by atoms with Crippen molar-refractivity contribution >= 4 is 34.1 Å². The van der Waals surface area contributed by atoms with Crippen LogP contribution in [-0.4, -0.2) is 0 Å². The first kappa shape index (κ1) is 34.4. The van der Waals surface area contributed by atoms with Crippen molar-refractivity contribution in [2.24, 2.45) is 0 Å². The van der Waals surface area contributed by atoms with Crippen molar-refractivity contribution in [2.75, 3.05) is 9.80 Å². The first-order valence-electron chi connectivity index (χ1n) is 19.1. The minimum absolute atomic E-state index is 1.05. The fourth-order valence-electron chi connectivity index (χ4n) is 7.71. The summed E-state index contributed by atoms with van der Waals surface area (Å²) in [5.41, 5.74) is 15.7. The molecule has 0 aliphatic carbocycles. The van der Waals surface area contributed by atoms with Gasteiger partial charge in [0.15, 0.2) is 0 Å². The zero-order chi connectivity index (χ0) is 37.5. The fourth-order valence-corrected chi connectivity index (χ4v) is 7.71. The quantitative estimate of drug-likeness (QED) is 0.139. The van der Waals surface area contributed by atoms with E-state index in [1.807, 2.05) is 0 Å². The average molecular weight is 717 g/mol. The number of hydrogen-bond acceptors (Lipinski definition) is 2. The summed E-state index contributed by atoms with van der Waals surface area (Å²) in [7, 11) is 0. The van der Waals surface area contributed by atoms with Crippen LogP contribution in [0.2, 0.25) is 0 Å². The Balaban J connectivity index is 1.32. The summed E-state index contributed by atoms with van der Waals surface area (Å²) in [4.78, 5) is 4.86. The zero-order valence-corrected chi connectivity index (χ0v) is 31.0. The van der Waals surface area contributed by atoms with Gasteiger partial charge in [0.25, 0.3) is 0 Å². The normalized spacial score (nSPS) is 10.9. The van der Waals surface area contributed by atoms with Crippen LogP contribution in [0.25, 0.3) is 44.5 Å². The zero-order valence-electron chi connectivity index (χ0n) is 31.0. The molecule has 0 aromatic heterocycles. The number of hydrogen-bond donors (Lipinski definition) is 0. The molecule has 2 nitrogen and oxygen atoms in total. The van der Waals surface area contributed by atoms with E-state index in [0.717, 1.165) is 78.6 Å². The van der Waals surface area contributed by atoms with E-state index in [0.29, 0.717) is 0 Å². The molecular formula is C54H40N2. The molecule has 0 radical (unpaired) electrons. The van der Waals surface area contributed by atoms with E-state index in [2.05, 4.69) is 252 Å². The molecule has 0 N–H and O–H groups in total. The van der Waals surface area contributed by atoms with Gasteiger partial charge in [-0.05, 0) is 64.7 Å². The predicted molar refractivity (Wildman–Crippen MR) is 238 cm³/mol. The van der Waals surface area contributed by atoms with Crippen LogP contribution < -0.4 is 9.80 Å². The Kier molecular flexibility index (Phi) is 9.75. The van der Waals surface area contributed by atoms with Crippen LogP contribution in [0.4, 0.5) is 34.1 Å². The minimum atomic E-state index is 1.05.